The highest BCUT2D eigenvalue weighted by atomic mass is 16.7. The Bertz CT molecular complexity index is 1170. The number of aryl methyl sites for hydroxylation is 1. The molecule has 1 aliphatic rings. The minimum atomic E-state index is -0.199. The number of benzene rings is 1. The molecule has 0 fully saturated rings. The van der Waals surface area contributed by atoms with Crippen LogP contribution in [0.3, 0.4) is 0 Å². The van der Waals surface area contributed by atoms with Gasteiger partial charge in [0.1, 0.15) is 11.3 Å². The van der Waals surface area contributed by atoms with Gasteiger partial charge >= 0.3 is 0 Å². The first-order valence-electron chi connectivity index (χ1n) is 9.33. The molecule has 0 saturated carbocycles. The maximum atomic E-state index is 12.6. The molecule has 0 unspecified atom stereocenters. The number of furan rings is 1. The number of amides is 1. The smallest absolute Gasteiger partial charge is 0.256 e. The fraction of sp³-hybridized carbons (Fsp3) is 0.190. The summed E-state index contributed by atoms with van der Waals surface area (Å²) in [7, 11) is 0. The van der Waals surface area contributed by atoms with Gasteiger partial charge in [0.25, 0.3) is 5.91 Å². The van der Waals surface area contributed by atoms with Crippen molar-refractivity contribution >= 4 is 11.6 Å². The predicted octanol–water partition coefficient (Wildman–Crippen LogP) is 3.08. The molecule has 1 aromatic carbocycles. The van der Waals surface area contributed by atoms with E-state index in [0.29, 0.717) is 29.3 Å². The lowest BCUT2D eigenvalue weighted by Gasteiger charge is -2.07. The Kier molecular flexibility index (Phi) is 4.36. The minimum Gasteiger partial charge on any atom is -0.469 e. The van der Waals surface area contributed by atoms with E-state index in [1.807, 2.05) is 36.4 Å². The second kappa shape index (κ2) is 7.31. The molecule has 8 nitrogen and oxygen atoms in total. The lowest BCUT2D eigenvalue weighted by Crippen LogP contribution is -2.24. The Morgan fingerprint density at radius 1 is 1.17 bits per heavy atom. The van der Waals surface area contributed by atoms with E-state index in [1.165, 1.54) is 0 Å². The van der Waals surface area contributed by atoms with Gasteiger partial charge in [-0.25, -0.2) is 9.50 Å². The van der Waals surface area contributed by atoms with Gasteiger partial charge in [0.05, 0.1) is 18.2 Å². The van der Waals surface area contributed by atoms with Crippen molar-refractivity contribution in [2.45, 2.75) is 12.8 Å². The van der Waals surface area contributed by atoms with Crippen molar-refractivity contribution in [2.24, 2.45) is 0 Å². The Hall–Kier alpha value is -3.81. The van der Waals surface area contributed by atoms with Gasteiger partial charge in [0.15, 0.2) is 17.1 Å². The molecular formula is C21H18N4O4. The Morgan fingerprint density at radius 3 is 3.00 bits per heavy atom. The Balaban J connectivity index is 1.35. The van der Waals surface area contributed by atoms with E-state index in [9.17, 15) is 4.79 Å². The third kappa shape index (κ3) is 3.29. The van der Waals surface area contributed by atoms with Crippen LogP contribution in [-0.4, -0.2) is 33.8 Å². The zero-order valence-electron chi connectivity index (χ0n) is 15.5. The summed E-state index contributed by atoms with van der Waals surface area (Å²) in [4.78, 5) is 17.0. The van der Waals surface area contributed by atoms with Gasteiger partial charge < -0.3 is 19.2 Å². The average molecular weight is 390 g/mol. The molecule has 3 aromatic heterocycles. The molecule has 0 atom stereocenters. The summed E-state index contributed by atoms with van der Waals surface area (Å²) in [5, 5.41) is 7.31. The molecule has 29 heavy (non-hydrogen) atoms. The summed E-state index contributed by atoms with van der Waals surface area (Å²) in [5.41, 5.74) is 2.65. The van der Waals surface area contributed by atoms with Crippen molar-refractivity contribution in [3.8, 4) is 22.8 Å². The average Bonchev–Trinajstić information content (AvgIpc) is 3.50. The number of hydrogen-bond acceptors (Lipinski definition) is 6. The largest absolute Gasteiger partial charge is 0.469 e. The summed E-state index contributed by atoms with van der Waals surface area (Å²) in [6.07, 6.45) is 6.42. The molecule has 0 radical (unpaired) electrons. The van der Waals surface area contributed by atoms with E-state index in [2.05, 4.69) is 15.4 Å². The molecule has 1 amide bonds. The van der Waals surface area contributed by atoms with Crippen LogP contribution in [0.15, 0.2) is 59.5 Å². The monoisotopic (exact) mass is 390 g/mol. The third-order valence-electron chi connectivity index (χ3n) is 4.78. The quantitative estimate of drug-likeness (QED) is 0.509. The Labute approximate surface area is 166 Å². The number of fused-ring (bicyclic) bond motifs is 2. The van der Waals surface area contributed by atoms with Crippen molar-refractivity contribution in [2.75, 3.05) is 13.3 Å². The zero-order valence-corrected chi connectivity index (χ0v) is 15.5. The summed E-state index contributed by atoms with van der Waals surface area (Å²) in [6, 6.07) is 11.3. The molecule has 0 aliphatic carbocycles. The van der Waals surface area contributed by atoms with Crippen LogP contribution >= 0.6 is 0 Å². The van der Waals surface area contributed by atoms with Gasteiger partial charge in [-0.05, 0) is 42.8 Å². The highest BCUT2D eigenvalue weighted by molar-refractivity contribution is 5.99. The molecular weight excluding hydrogens is 372 g/mol. The van der Waals surface area contributed by atoms with Crippen LogP contribution in [0.4, 0.5) is 0 Å². The van der Waals surface area contributed by atoms with Crippen LogP contribution in [0.1, 0.15) is 22.5 Å². The SMILES string of the molecule is O=C(NCCCc1ccco1)c1cnn2c(-c3ccc4c(c3)OCO4)ccnc12. The molecule has 0 saturated heterocycles. The first-order valence-corrected chi connectivity index (χ1v) is 9.33. The highest BCUT2D eigenvalue weighted by Gasteiger charge is 2.18. The molecule has 0 spiro atoms. The van der Waals surface area contributed by atoms with Crippen molar-refractivity contribution in [1.82, 2.24) is 19.9 Å². The minimum absolute atomic E-state index is 0.199. The van der Waals surface area contributed by atoms with E-state index < -0.39 is 0 Å². The van der Waals surface area contributed by atoms with Crippen LogP contribution in [0, 0.1) is 0 Å². The number of hydrogen-bond donors (Lipinski definition) is 1. The predicted molar refractivity (Wildman–Crippen MR) is 104 cm³/mol. The van der Waals surface area contributed by atoms with Crippen LogP contribution in [-0.2, 0) is 6.42 Å². The normalized spacial score (nSPS) is 12.4. The van der Waals surface area contributed by atoms with Crippen molar-refractivity contribution < 1.29 is 18.7 Å². The van der Waals surface area contributed by atoms with Crippen molar-refractivity contribution in [3.63, 3.8) is 0 Å². The maximum Gasteiger partial charge on any atom is 0.256 e. The number of carbonyl (C=O) groups excluding carboxylic acids is 1. The zero-order chi connectivity index (χ0) is 19.6. The van der Waals surface area contributed by atoms with Gasteiger partial charge in [-0.1, -0.05) is 0 Å². The second-order valence-electron chi connectivity index (χ2n) is 6.63. The van der Waals surface area contributed by atoms with Crippen LogP contribution in [0.2, 0.25) is 0 Å². The lowest BCUT2D eigenvalue weighted by molar-refractivity contribution is 0.0954. The molecule has 1 N–H and O–H groups in total. The number of aromatic nitrogens is 3. The summed E-state index contributed by atoms with van der Waals surface area (Å²) < 4.78 is 17.8. The summed E-state index contributed by atoms with van der Waals surface area (Å²) >= 11 is 0. The van der Waals surface area contributed by atoms with Gasteiger partial charge in [0, 0.05) is 24.7 Å². The molecule has 4 heterocycles. The topological polar surface area (TPSA) is 90.9 Å². The highest BCUT2D eigenvalue weighted by Crippen LogP contribution is 2.35. The van der Waals surface area contributed by atoms with Crippen LogP contribution in [0.5, 0.6) is 11.5 Å². The molecule has 1 aliphatic heterocycles. The van der Waals surface area contributed by atoms with Crippen LogP contribution < -0.4 is 14.8 Å². The lowest BCUT2D eigenvalue weighted by atomic mass is 10.1. The van der Waals surface area contributed by atoms with Gasteiger partial charge in [0.2, 0.25) is 6.79 Å². The van der Waals surface area contributed by atoms with E-state index in [-0.39, 0.29) is 12.7 Å². The van der Waals surface area contributed by atoms with E-state index in [1.54, 1.807) is 23.2 Å². The molecule has 4 aromatic rings. The fourth-order valence-electron chi connectivity index (χ4n) is 3.34. The third-order valence-corrected chi connectivity index (χ3v) is 4.78. The van der Waals surface area contributed by atoms with E-state index in [0.717, 1.165) is 29.9 Å². The van der Waals surface area contributed by atoms with Gasteiger partial charge in [-0.2, -0.15) is 5.10 Å². The number of carbonyl (C=O) groups is 1. The van der Waals surface area contributed by atoms with Crippen LogP contribution in [0.25, 0.3) is 16.9 Å². The summed E-state index contributed by atoms with van der Waals surface area (Å²) in [6.45, 7) is 0.759. The maximum absolute atomic E-state index is 12.6. The number of nitrogens with one attached hydrogen (secondary N) is 1. The first-order chi connectivity index (χ1) is 14.3. The fourth-order valence-corrected chi connectivity index (χ4v) is 3.34. The van der Waals surface area contributed by atoms with Crippen molar-refractivity contribution in [1.29, 1.82) is 0 Å². The van der Waals surface area contributed by atoms with Gasteiger partial charge in [-0.15, -0.1) is 0 Å². The van der Waals surface area contributed by atoms with Crippen molar-refractivity contribution in [3.05, 3.63) is 66.4 Å². The Morgan fingerprint density at radius 2 is 2.10 bits per heavy atom. The number of rotatable bonds is 6. The molecule has 0 bridgehead atoms. The standard InChI is InChI=1S/C21H18N4O4/c26-21(23-8-1-3-15-4-2-10-27-15)16-12-24-25-17(7-9-22-20(16)25)14-5-6-18-19(11-14)29-13-28-18/h2,4-7,9-12H,1,3,8,13H2,(H,23,26). The number of ether oxygens (including phenoxy) is 2. The molecule has 8 heteroatoms. The van der Waals surface area contributed by atoms with Gasteiger partial charge in [-0.3, -0.25) is 4.79 Å². The second-order valence-corrected chi connectivity index (χ2v) is 6.63. The summed E-state index contributed by atoms with van der Waals surface area (Å²) in [5.74, 6) is 2.11. The molecule has 146 valence electrons. The van der Waals surface area contributed by atoms with E-state index >= 15 is 0 Å². The van der Waals surface area contributed by atoms with E-state index in [4.69, 9.17) is 13.9 Å². The molecule has 5 rings (SSSR count). The first kappa shape index (κ1) is 17.3. The number of nitrogens with zero attached hydrogens (tertiary/aromatic N) is 3.